The normalized spacial score (nSPS) is 21.4. The SMILES string of the molecule is CNC(=O)c1ccc(NCC#Cc2cc3c(NC4CCC(=[N+]5CC6(CCCOC6)C5)CC4)cccc3n2CC(F)(F)F)c(OC)c1. The lowest BCUT2D eigenvalue weighted by Crippen LogP contribution is -2.57. The van der Waals surface area contributed by atoms with E-state index in [0.29, 0.717) is 33.6 Å². The van der Waals surface area contributed by atoms with Crippen molar-refractivity contribution in [3.63, 3.8) is 0 Å². The van der Waals surface area contributed by atoms with Crippen molar-refractivity contribution in [2.45, 2.75) is 57.3 Å². The molecule has 46 heavy (non-hydrogen) atoms. The summed E-state index contributed by atoms with van der Waals surface area (Å²) in [5.74, 6) is 6.15. The van der Waals surface area contributed by atoms with Gasteiger partial charge in [0.05, 0.1) is 37.2 Å². The summed E-state index contributed by atoms with van der Waals surface area (Å²) in [6, 6.07) is 12.4. The molecule has 1 spiro atoms. The van der Waals surface area contributed by atoms with Crippen molar-refractivity contribution in [3.05, 3.63) is 53.7 Å². The maximum Gasteiger partial charge on any atom is 0.406 e. The largest absolute Gasteiger partial charge is 0.495 e. The number of carbonyl (C=O) groups excluding carboxylic acids is 1. The Morgan fingerprint density at radius 1 is 1.15 bits per heavy atom. The summed E-state index contributed by atoms with van der Waals surface area (Å²) < 4.78 is 56.1. The maximum absolute atomic E-state index is 13.7. The minimum atomic E-state index is -4.40. The number of ether oxygens (including phenoxy) is 2. The lowest BCUT2D eigenvalue weighted by Gasteiger charge is -2.42. The van der Waals surface area contributed by atoms with E-state index in [9.17, 15) is 18.0 Å². The number of carbonyl (C=O) groups is 1. The molecule has 0 atom stereocenters. The third-order valence-corrected chi connectivity index (χ3v) is 9.38. The Hall–Kier alpha value is -4.17. The zero-order chi connectivity index (χ0) is 32.3. The van der Waals surface area contributed by atoms with E-state index < -0.39 is 12.7 Å². The van der Waals surface area contributed by atoms with E-state index in [0.717, 1.165) is 69.5 Å². The van der Waals surface area contributed by atoms with Crippen LogP contribution in [0.2, 0.25) is 0 Å². The molecule has 8 nitrogen and oxygen atoms in total. The predicted octanol–water partition coefficient (Wildman–Crippen LogP) is 5.65. The highest BCUT2D eigenvalue weighted by atomic mass is 19.4. The summed E-state index contributed by atoms with van der Waals surface area (Å²) in [7, 11) is 3.05. The van der Waals surface area contributed by atoms with Crippen LogP contribution in [-0.4, -0.2) is 80.0 Å². The number of fused-ring (bicyclic) bond motifs is 1. The second kappa shape index (κ2) is 13.3. The number of alkyl halides is 3. The Kier molecular flexibility index (Phi) is 9.18. The summed E-state index contributed by atoms with van der Waals surface area (Å²) >= 11 is 0. The topological polar surface area (TPSA) is 79.6 Å². The van der Waals surface area contributed by atoms with Crippen molar-refractivity contribution < 1.29 is 32.0 Å². The quantitative estimate of drug-likeness (QED) is 0.231. The van der Waals surface area contributed by atoms with Gasteiger partial charge in [-0.15, -0.1) is 0 Å². The smallest absolute Gasteiger partial charge is 0.406 e. The van der Waals surface area contributed by atoms with Crippen molar-refractivity contribution >= 4 is 33.9 Å². The van der Waals surface area contributed by atoms with Gasteiger partial charge in [0.25, 0.3) is 5.91 Å². The van der Waals surface area contributed by atoms with Crippen molar-refractivity contribution in [1.29, 1.82) is 0 Å². The van der Waals surface area contributed by atoms with Gasteiger partial charge in [-0.25, -0.2) is 4.58 Å². The van der Waals surface area contributed by atoms with Gasteiger partial charge in [-0.2, -0.15) is 13.2 Å². The molecule has 1 amide bonds. The van der Waals surface area contributed by atoms with Crippen molar-refractivity contribution in [1.82, 2.24) is 9.88 Å². The number of nitrogens with one attached hydrogen (secondary N) is 3. The molecule has 6 rings (SSSR count). The van der Waals surface area contributed by atoms with Crippen LogP contribution in [0.4, 0.5) is 24.5 Å². The molecule has 0 radical (unpaired) electrons. The number of benzene rings is 2. The summed E-state index contributed by atoms with van der Waals surface area (Å²) in [5, 5.41) is 10.1. The van der Waals surface area contributed by atoms with Crippen LogP contribution in [-0.2, 0) is 11.3 Å². The monoisotopic (exact) mass is 636 g/mol. The second-order valence-corrected chi connectivity index (χ2v) is 12.6. The number of anilines is 2. The highest BCUT2D eigenvalue weighted by Gasteiger charge is 2.50. The predicted molar refractivity (Wildman–Crippen MR) is 173 cm³/mol. The molecular formula is C35H41F3N5O3+. The molecule has 1 aromatic heterocycles. The first-order chi connectivity index (χ1) is 22.2. The zero-order valence-electron chi connectivity index (χ0n) is 26.4. The standard InChI is InChI=1S/C35H40F3N5O3/c1-39-33(44)24-9-14-30(32(18-24)45-2)40-16-4-6-27-19-28-29(7-3-8-31(28)43(27)22-35(36,37)38)41-25-10-12-26(13-11-25)42-20-34(21-42)15-5-17-46-23-34/h3,7-9,14,18-19,25,41H,5,10-13,15-17,20-23H2,1-2H3,(H-,39,40,44)/p+1. The molecule has 2 saturated heterocycles. The Morgan fingerprint density at radius 2 is 1.96 bits per heavy atom. The van der Waals surface area contributed by atoms with Crippen LogP contribution in [0.5, 0.6) is 5.75 Å². The maximum atomic E-state index is 13.7. The number of hydrogen-bond donors (Lipinski definition) is 3. The third-order valence-electron chi connectivity index (χ3n) is 9.38. The van der Waals surface area contributed by atoms with E-state index in [-0.39, 0.29) is 18.5 Å². The van der Waals surface area contributed by atoms with Gasteiger partial charge < -0.3 is 30.0 Å². The Bertz CT molecular complexity index is 1670. The molecular weight excluding hydrogens is 595 g/mol. The highest BCUT2D eigenvalue weighted by Crippen LogP contribution is 2.37. The zero-order valence-corrected chi connectivity index (χ0v) is 26.4. The summed E-state index contributed by atoms with van der Waals surface area (Å²) in [6.07, 6.45) is 2.04. The van der Waals surface area contributed by atoms with Crippen LogP contribution in [0.3, 0.4) is 0 Å². The minimum Gasteiger partial charge on any atom is -0.495 e. The van der Waals surface area contributed by atoms with E-state index in [2.05, 4.69) is 32.4 Å². The molecule has 3 heterocycles. The van der Waals surface area contributed by atoms with Crippen molar-refractivity contribution in [3.8, 4) is 17.6 Å². The molecule has 3 fully saturated rings. The number of aromatic nitrogens is 1. The van der Waals surface area contributed by atoms with E-state index >= 15 is 0 Å². The number of rotatable bonds is 7. The molecule has 1 aliphatic carbocycles. The Morgan fingerprint density at radius 3 is 2.65 bits per heavy atom. The molecule has 0 unspecified atom stereocenters. The fourth-order valence-corrected chi connectivity index (χ4v) is 7.04. The van der Waals surface area contributed by atoms with Gasteiger partial charge in [0, 0.05) is 49.2 Å². The molecule has 11 heteroatoms. The molecule has 244 valence electrons. The summed E-state index contributed by atoms with van der Waals surface area (Å²) in [5.41, 5.74) is 4.56. The molecule has 2 aromatic carbocycles. The van der Waals surface area contributed by atoms with Crippen molar-refractivity contribution in [2.24, 2.45) is 5.41 Å². The number of nitrogens with zero attached hydrogens (tertiary/aromatic N) is 2. The van der Waals surface area contributed by atoms with Gasteiger partial charge in [-0.05, 0) is 68.0 Å². The van der Waals surface area contributed by atoms with Crippen LogP contribution < -0.4 is 20.7 Å². The first-order valence-corrected chi connectivity index (χ1v) is 15.9. The van der Waals surface area contributed by atoms with E-state index in [1.54, 1.807) is 43.4 Å². The van der Waals surface area contributed by atoms with Crippen LogP contribution >= 0.6 is 0 Å². The van der Waals surface area contributed by atoms with Gasteiger partial charge in [-0.3, -0.25) is 4.79 Å². The third kappa shape index (κ3) is 6.97. The van der Waals surface area contributed by atoms with Gasteiger partial charge in [0.1, 0.15) is 17.7 Å². The molecule has 3 aliphatic rings. The molecule has 3 N–H and O–H groups in total. The Labute approximate surface area is 267 Å². The van der Waals surface area contributed by atoms with Gasteiger partial charge in [0.2, 0.25) is 0 Å². The highest BCUT2D eigenvalue weighted by molar-refractivity contribution is 5.95. The summed E-state index contributed by atoms with van der Waals surface area (Å²) in [4.78, 5) is 11.9. The number of hydrogen-bond acceptors (Lipinski definition) is 5. The number of halogens is 3. The van der Waals surface area contributed by atoms with E-state index in [1.165, 1.54) is 23.8 Å². The lowest BCUT2D eigenvalue weighted by atomic mass is 9.75. The average Bonchev–Trinajstić information content (AvgIpc) is 3.38. The summed E-state index contributed by atoms with van der Waals surface area (Å²) in [6.45, 7) is 3.00. The lowest BCUT2D eigenvalue weighted by molar-refractivity contribution is -0.633. The van der Waals surface area contributed by atoms with Crippen LogP contribution in [0.25, 0.3) is 10.9 Å². The van der Waals surface area contributed by atoms with Gasteiger partial charge >= 0.3 is 6.18 Å². The van der Waals surface area contributed by atoms with Crippen LogP contribution in [0, 0.1) is 17.3 Å². The fraction of sp³-hybridized carbons (Fsp3) is 0.486. The molecule has 0 bridgehead atoms. The first kappa shape index (κ1) is 31.8. The second-order valence-electron chi connectivity index (χ2n) is 12.6. The van der Waals surface area contributed by atoms with Gasteiger partial charge in [-0.1, -0.05) is 12.0 Å². The van der Waals surface area contributed by atoms with Crippen molar-refractivity contribution in [2.75, 3.05) is 57.6 Å². The van der Waals surface area contributed by atoms with Crippen LogP contribution in [0.15, 0.2) is 42.5 Å². The average molecular weight is 637 g/mol. The van der Waals surface area contributed by atoms with Gasteiger partial charge in [0.15, 0.2) is 18.8 Å². The minimum absolute atomic E-state index is 0.167. The molecule has 3 aromatic rings. The molecule has 1 saturated carbocycles. The Balaban J connectivity index is 1.15. The number of methoxy groups -OCH3 is 1. The number of amides is 1. The first-order valence-electron chi connectivity index (χ1n) is 15.9. The fourth-order valence-electron chi connectivity index (χ4n) is 7.04. The van der Waals surface area contributed by atoms with E-state index in [4.69, 9.17) is 9.47 Å². The van der Waals surface area contributed by atoms with E-state index in [1.807, 2.05) is 6.07 Å². The molecule has 2 aliphatic heterocycles. The van der Waals surface area contributed by atoms with Crippen LogP contribution in [0.1, 0.15) is 54.6 Å².